The second-order valence-corrected chi connectivity index (χ2v) is 9.81. The summed E-state index contributed by atoms with van der Waals surface area (Å²) in [6, 6.07) is 11.8. The molecule has 0 spiro atoms. The Morgan fingerprint density at radius 3 is 2.26 bits per heavy atom. The van der Waals surface area contributed by atoms with Crippen molar-refractivity contribution in [3.8, 4) is 17.2 Å². The van der Waals surface area contributed by atoms with E-state index in [0.29, 0.717) is 28.5 Å². The van der Waals surface area contributed by atoms with Crippen LogP contribution in [0.4, 0.5) is 5.69 Å². The van der Waals surface area contributed by atoms with Crippen LogP contribution in [0.1, 0.15) is 65.4 Å². The fourth-order valence-electron chi connectivity index (χ4n) is 5.64. The van der Waals surface area contributed by atoms with E-state index in [2.05, 4.69) is 11.4 Å². The van der Waals surface area contributed by atoms with Gasteiger partial charge in [0.1, 0.15) is 6.04 Å². The van der Waals surface area contributed by atoms with Crippen LogP contribution < -0.4 is 24.4 Å². The lowest BCUT2D eigenvalue weighted by Crippen LogP contribution is -2.46. The molecule has 0 aliphatic heterocycles. The SMILES string of the molecule is COc1cc(C(C(=O)NC2CCCC2)N(C(=O)c2ccco2)c2ccc3c(c2)CCC3)cc(OC)c1OC. The van der Waals surface area contributed by atoms with Crippen molar-refractivity contribution < 1.29 is 28.2 Å². The predicted octanol–water partition coefficient (Wildman–Crippen LogP) is 5.24. The molecular weight excluding hydrogens is 484 g/mol. The monoisotopic (exact) mass is 518 g/mol. The standard InChI is InChI=1S/C30H34N2O6/c1-35-25-17-21(18-26(36-2)28(25)37-3)27(29(33)31-22-10-4-5-11-22)32(30(34)24-12-7-15-38-24)23-14-13-19-8-6-9-20(19)16-23/h7,12-18,22,27H,4-6,8-11H2,1-3H3,(H,31,33). The summed E-state index contributed by atoms with van der Waals surface area (Å²) in [5.74, 6) is 0.686. The van der Waals surface area contributed by atoms with E-state index >= 15 is 0 Å². The smallest absolute Gasteiger partial charge is 0.294 e. The molecular formula is C30H34N2O6. The molecule has 1 atom stereocenters. The average molecular weight is 519 g/mol. The maximum Gasteiger partial charge on any atom is 0.294 e. The van der Waals surface area contributed by atoms with Crippen LogP contribution in [0, 0.1) is 0 Å². The summed E-state index contributed by atoms with van der Waals surface area (Å²) in [7, 11) is 4.59. The number of aryl methyl sites for hydroxylation is 2. The molecule has 1 fully saturated rings. The van der Waals surface area contributed by atoms with Crippen molar-refractivity contribution in [1.29, 1.82) is 0 Å². The Morgan fingerprint density at radius 1 is 0.921 bits per heavy atom. The van der Waals surface area contributed by atoms with Crippen molar-refractivity contribution >= 4 is 17.5 Å². The molecule has 2 amide bonds. The zero-order valence-electron chi connectivity index (χ0n) is 22.1. The fraction of sp³-hybridized carbons (Fsp3) is 0.400. The summed E-state index contributed by atoms with van der Waals surface area (Å²) in [6.45, 7) is 0. The van der Waals surface area contributed by atoms with E-state index in [1.807, 2.05) is 12.1 Å². The van der Waals surface area contributed by atoms with Crippen LogP contribution >= 0.6 is 0 Å². The third kappa shape index (κ3) is 4.95. The first-order valence-corrected chi connectivity index (χ1v) is 13.1. The van der Waals surface area contributed by atoms with Gasteiger partial charge in [-0.05, 0) is 85.2 Å². The highest BCUT2D eigenvalue weighted by Crippen LogP contribution is 2.42. The van der Waals surface area contributed by atoms with Crippen molar-refractivity contribution in [2.75, 3.05) is 26.2 Å². The first-order valence-electron chi connectivity index (χ1n) is 13.1. The van der Waals surface area contributed by atoms with Crippen LogP contribution in [-0.2, 0) is 17.6 Å². The van der Waals surface area contributed by atoms with Crippen LogP contribution in [0.5, 0.6) is 17.2 Å². The summed E-state index contributed by atoms with van der Waals surface area (Å²) >= 11 is 0. The van der Waals surface area contributed by atoms with E-state index < -0.39 is 11.9 Å². The first kappa shape index (κ1) is 25.7. The van der Waals surface area contributed by atoms with Crippen LogP contribution in [0.15, 0.2) is 53.1 Å². The molecule has 2 aromatic carbocycles. The van der Waals surface area contributed by atoms with Crippen molar-refractivity contribution in [1.82, 2.24) is 5.32 Å². The molecule has 2 aliphatic carbocycles. The molecule has 1 N–H and O–H groups in total. The summed E-state index contributed by atoms with van der Waals surface area (Å²) in [5, 5.41) is 3.21. The number of carbonyl (C=O) groups excluding carboxylic acids is 2. The van der Waals surface area contributed by atoms with Gasteiger partial charge in [-0.2, -0.15) is 0 Å². The van der Waals surface area contributed by atoms with Gasteiger partial charge in [-0.15, -0.1) is 0 Å². The number of amides is 2. The molecule has 200 valence electrons. The largest absolute Gasteiger partial charge is 0.493 e. The number of hydrogen-bond donors (Lipinski definition) is 1. The van der Waals surface area contributed by atoms with Crippen molar-refractivity contribution in [2.45, 2.75) is 57.0 Å². The predicted molar refractivity (Wildman–Crippen MR) is 143 cm³/mol. The molecule has 0 bridgehead atoms. The van der Waals surface area contributed by atoms with Gasteiger partial charge in [0.2, 0.25) is 11.7 Å². The Hall–Kier alpha value is -3.94. The Labute approximate surface area is 222 Å². The minimum atomic E-state index is -1.01. The summed E-state index contributed by atoms with van der Waals surface area (Å²) in [5.41, 5.74) is 3.64. The van der Waals surface area contributed by atoms with E-state index in [9.17, 15) is 9.59 Å². The molecule has 8 heteroatoms. The molecule has 1 heterocycles. The topological polar surface area (TPSA) is 90.2 Å². The Morgan fingerprint density at radius 2 is 1.63 bits per heavy atom. The second kappa shape index (κ2) is 11.2. The maximum atomic E-state index is 14.1. The van der Waals surface area contributed by atoms with Gasteiger partial charge in [-0.3, -0.25) is 14.5 Å². The third-order valence-corrected chi connectivity index (χ3v) is 7.52. The molecule has 0 radical (unpaired) electrons. The summed E-state index contributed by atoms with van der Waals surface area (Å²) in [4.78, 5) is 29.7. The van der Waals surface area contributed by atoms with Crippen molar-refractivity contribution in [2.24, 2.45) is 0 Å². The van der Waals surface area contributed by atoms with Crippen LogP contribution in [-0.4, -0.2) is 39.2 Å². The number of benzene rings is 2. The summed E-state index contributed by atoms with van der Waals surface area (Å²) < 4.78 is 22.2. The van der Waals surface area contributed by atoms with E-state index in [0.717, 1.165) is 44.9 Å². The highest BCUT2D eigenvalue weighted by atomic mass is 16.5. The molecule has 0 saturated heterocycles. The number of hydrogen-bond acceptors (Lipinski definition) is 6. The third-order valence-electron chi connectivity index (χ3n) is 7.52. The van der Waals surface area contributed by atoms with Crippen molar-refractivity contribution in [3.05, 3.63) is 71.2 Å². The zero-order chi connectivity index (χ0) is 26.6. The van der Waals surface area contributed by atoms with Crippen LogP contribution in [0.2, 0.25) is 0 Å². The molecule has 8 nitrogen and oxygen atoms in total. The number of anilines is 1. The molecule has 38 heavy (non-hydrogen) atoms. The minimum absolute atomic E-state index is 0.0626. The second-order valence-electron chi connectivity index (χ2n) is 9.81. The maximum absolute atomic E-state index is 14.1. The van der Waals surface area contributed by atoms with Gasteiger partial charge >= 0.3 is 0 Å². The Kier molecular flexibility index (Phi) is 7.58. The number of methoxy groups -OCH3 is 3. The quantitative estimate of drug-likeness (QED) is 0.417. The Bertz CT molecular complexity index is 1270. The lowest BCUT2D eigenvalue weighted by atomic mass is 9.99. The number of nitrogens with one attached hydrogen (secondary N) is 1. The normalized spacial score (nSPS) is 15.6. The van der Waals surface area contributed by atoms with Crippen LogP contribution in [0.25, 0.3) is 0 Å². The molecule has 5 rings (SSSR count). The number of rotatable bonds is 9. The van der Waals surface area contributed by atoms with Gasteiger partial charge in [-0.25, -0.2) is 0 Å². The lowest BCUT2D eigenvalue weighted by molar-refractivity contribution is -0.123. The van der Waals surface area contributed by atoms with Gasteiger partial charge in [0.05, 0.1) is 27.6 Å². The first-order chi connectivity index (χ1) is 18.5. The number of ether oxygens (including phenoxy) is 3. The van der Waals surface area contributed by atoms with Crippen LogP contribution in [0.3, 0.4) is 0 Å². The molecule has 1 aromatic heterocycles. The number of nitrogens with zero attached hydrogens (tertiary/aromatic N) is 1. The molecule has 3 aromatic rings. The van der Waals surface area contributed by atoms with Gasteiger partial charge in [0, 0.05) is 11.7 Å². The Balaban J connectivity index is 1.68. The van der Waals surface area contributed by atoms with E-state index in [-0.39, 0.29) is 17.7 Å². The zero-order valence-corrected chi connectivity index (χ0v) is 22.1. The number of furan rings is 1. The van der Waals surface area contributed by atoms with Gasteiger partial charge in [-0.1, -0.05) is 18.9 Å². The minimum Gasteiger partial charge on any atom is -0.493 e. The summed E-state index contributed by atoms with van der Waals surface area (Å²) in [6.07, 6.45) is 8.45. The van der Waals surface area contributed by atoms with Gasteiger partial charge in [0.25, 0.3) is 5.91 Å². The highest BCUT2D eigenvalue weighted by Gasteiger charge is 2.37. The van der Waals surface area contributed by atoms with Gasteiger partial charge < -0.3 is 23.9 Å². The average Bonchev–Trinajstić information content (AvgIpc) is 3.73. The number of fused-ring (bicyclic) bond motifs is 1. The fourth-order valence-corrected chi connectivity index (χ4v) is 5.64. The van der Waals surface area contributed by atoms with E-state index in [1.165, 1.54) is 43.6 Å². The van der Waals surface area contributed by atoms with Crippen molar-refractivity contribution in [3.63, 3.8) is 0 Å². The van der Waals surface area contributed by atoms with E-state index in [4.69, 9.17) is 18.6 Å². The molecule has 1 saturated carbocycles. The van der Waals surface area contributed by atoms with E-state index in [1.54, 1.807) is 24.3 Å². The number of carbonyl (C=O) groups is 2. The molecule has 1 unspecified atom stereocenters. The highest BCUT2D eigenvalue weighted by molar-refractivity contribution is 6.08. The lowest BCUT2D eigenvalue weighted by Gasteiger charge is -2.32. The molecule has 2 aliphatic rings. The van der Waals surface area contributed by atoms with Gasteiger partial charge in [0.15, 0.2) is 17.3 Å².